The van der Waals surface area contributed by atoms with Crippen LogP contribution in [0.25, 0.3) is 11.3 Å². The number of ether oxygens (including phenoxy) is 1. The summed E-state index contributed by atoms with van der Waals surface area (Å²) < 4.78 is 7.53. The fourth-order valence-electron chi connectivity index (χ4n) is 2.94. The second-order valence-electron chi connectivity index (χ2n) is 5.69. The van der Waals surface area contributed by atoms with Crippen LogP contribution in [0.2, 0.25) is 0 Å². The Bertz CT molecular complexity index is 750. The molecule has 1 fully saturated rings. The number of benzene rings is 1. The van der Waals surface area contributed by atoms with Crippen LogP contribution in [-0.2, 0) is 13.0 Å². The summed E-state index contributed by atoms with van der Waals surface area (Å²) in [4.78, 5) is 4.79. The van der Waals surface area contributed by atoms with Crippen LogP contribution in [0.4, 0.5) is 5.82 Å². The van der Waals surface area contributed by atoms with Crippen LogP contribution in [0.5, 0.6) is 5.75 Å². The molecule has 1 aromatic heterocycles. The molecule has 0 spiro atoms. The lowest BCUT2D eigenvalue weighted by molar-refractivity contribution is 0.357. The molecule has 1 aliphatic carbocycles. The molecule has 106 valence electrons. The van der Waals surface area contributed by atoms with E-state index in [0.717, 1.165) is 35.9 Å². The Kier molecular flexibility index (Phi) is 2.68. The van der Waals surface area contributed by atoms with Crippen LogP contribution in [0, 0.1) is 12.3 Å². The number of fused-ring (bicyclic) bond motifs is 1. The van der Waals surface area contributed by atoms with Gasteiger partial charge in [0.15, 0.2) is 0 Å². The first kappa shape index (κ1) is 12.3. The van der Waals surface area contributed by atoms with Crippen molar-refractivity contribution in [1.82, 2.24) is 9.55 Å². The van der Waals surface area contributed by atoms with E-state index in [9.17, 15) is 0 Å². The molecule has 2 heterocycles. The van der Waals surface area contributed by atoms with Gasteiger partial charge in [0.25, 0.3) is 0 Å². The first-order chi connectivity index (χ1) is 10.3. The van der Waals surface area contributed by atoms with Gasteiger partial charge in [-0.15, -0.1) is 6.42 Å². The monoisotopic (exact) mass is 279 g/mol. The zero-order chi connectivity index (χ0) is 14.4. The molecule has 21 heavy (non-hydrogen) atoms. The Labute approximate surface area is 123 Å². The van der Waals surface area contributed by atoms with Crippen LogP contribution < -0.4 is 10.5 Å². The maximum absolute atomic E-state index is 6.31. The molecule has 0 bridgehead atoms. The third-order valence-corrected chi connectivity index (χ3v) is 4.19. The summed E-state index contributed by atoms with van der Waals surface area (Å²) in [6.07, 6.45) is 8.78. The van der Waals surface area contributed by atoms with E-state index in [1.165, 1.54) is 18.4 Å². The molecule has 2 aliphatic rings. The van der Waals surface area contributed by atoms with E-state index in [2.05, 4.69) is 12.0 Å². The van der Waals surface area contributed by atoms with Crippen molar-refractivity contribution in [3.63, 3.8) is 0 Å². The summed E-state index contributed by atoms with van der Waals surface area (Å²) in [7, 11) is 0. The van der Waals surface area contributed by atoms with Gasteiger partial charge in [0.2, 0.25) is 0 Å². The standard InChI is InChI=1S/C17H17N3O/c1-2-8-20-16(18)15(19-17(20)11-3-4-11)13-5-6-14-12(10-13)7-9-21-14/h1,5-6,10-11H,3-4,7-9,18H2. The van der Waals surface area contributed by atoms with E-state index in [4.69, 9.17) is 21.9 Å². The minimum atomic E-state index is 0.485. The molecule has 0 amide bonds. The summed E-state index contributed by atoms with van der Waals surface area (Å²) in [6, 6.07) is 6.17. The second-order valence-corrected chi connectivity index (χ2v) is 5.69. The molecule has 1 saturated carbocycles. The Balaban J connectivity index is 1.81. The van der Waals surface area contributed by atoms with Crippen LogP contribution in [0.1, 0.15) is 30.1 Å². The molecule has 0 saturated heterocycles. The molecule has 1 aliphatic heterocycles. The molecule has 4 rings (SSSR count). The Morgan fingerprint density at radius 1 is 1.43 bits per heavy atom. The van der Waals surface area contributed by atoms with Crippen molar-refractivity contribution in [2.24, 2.45) is 0 Å². The molecule has 1 aromatic carbocycles. The van der Waals surface area contributed by atoms with Gasteiger partial charge in [-0.25, -0.2) is 4.98 Å². The number of hydrogen-bond acceptors (Lipinski definition) is 3. The lowest BCUT2D eigenvalue weighted by Crippen LogP contribution is -2.05. The topological polar surface area (TPSA) is 53.1 Å². The van der Waals surface area contributed by atoms with E-state index < -0.39 is 0 Å². The number of nitrogens with two attached hydrogens (primary N) is 1. The maximum atomic E-state index is 6.31. The highest BCUT2D eigenvalue weighted by Crippen LogP contribution is 2.42. The Hall–Kier alpha value is -2.41. The van der Waals surface area contributed by atoms with Gasteiger partial charge in [0.1, 0.15) is 23.1 Å². The van der Waals surface area contributed by atoms with E-state index in [1.54, 1.807) is 0 Å². The van der Waals surface area contributed by atoms with Gasteiger partial charge < -0.3 is 15.0 Å². The zero-order valence-electron chi connectivity index (χ0n) is 11.8. The Morgan fingerprint density at radius 3 is 3.05 bits per heavy atom. The fraction of sp³-hybridized carbons (Fsp3) is 0.353. The molecular formula is C17H17N3O. The Morgan fingerprint density at radius 2 is 2.29 bits per heavy atom. The van der Waals surface area contributed by atoms with Crippen molar-refractivity contribution < 1.29 is 4.74 Å². The number of nitrogen functional groups attached to an aromatic ring is 1. The van der Waals surface area contributed by atoms with Crippen molar-refractivity contribution in [2.45, 2.75) is 31.7 Å². The molecule has 0 radical (unpaired) electrons. The summed E-state index contributed by atoms with van der Waals surface area (Å²) in [5.74, 6) is 5.89. The first-order valence-electron chi connectivity index (χ1n) is 7.33. The van der Waals surface area contributed by atoms with Crippen molar-refractivity contribution in [3.05, 3.63) is 29.6 Å². The van der Waals surface area contributed by atoms with Crippen LogP contribution in [0.15, 0.2) is 18.2 Å². The number of imidazole rings is 1. The van der Waals surface area contributed by atoms with E-state index in [0.29, 0.717) is 18.3 Å². The maximum Gasteiger partial charge on any atom is 0.132 e. The molecule has 0 atom stereocenters. The number of rotatable bonds is 3. The normalized spacial score (nSPS) is 16.3. The fourth-order valence-corrected chi connectivity index (χ4v) is 2.94. The van der Waals surface area contributed by atoms with Gasteiger partial charge in [-0.1, -0.05) is 5.92 Å². The second kappa shape index (κ2) is 4.56. The van der Waals surface area contributed by atoms with E-state index >= 15 is 0 Å². The lowest BCUT2D eigenvalue weighted by Gasteiger charge is -2.05. The number of nitrogens with zero attached hydrogens (tertiary/aromatic N) is 2. The molecule has 2 N–H and O–H groups in total. The van der Waals surface area contributed by atoms with Gasteiger partial charge in [0, 0.05) is 17.9 Å². The summed E-state index contributed by atoms with van der Waals surface area (Å²) >= 11 is 0. The SMILES string of the molecule is C#CCn1c(C2CC2)nc(-c2ccc3c(c2)CCO3)c1N. The average molecular weight is 279 g/mol. The predicted molar refractivity (Wildman–Crippen MR) is 82.1 cm³/mol. The molecule has 4 heteroatoms. The minimum Gasteiger partial charge on any atom is -0.493 e. The van der Waals surface area contributed by atoms with Gasteiger partial charge in [-0.3, -0.25) is 0 Å². The van der Waals surface area contributed by atoms with Crippen molar-refractivity contribution in [3.8, 4) is 29.4 Å². The molecule has 4 nitrogen and oxygen atoms in total. The summed E-state index contributed by atoms with van der Waals surface area (Å²) in [5.41, 5.74) is 9.43. The number of aromatic nitrogens is 2. The van der Waals surface area contributed by atoms with E-state index in [1.807, 2.05) is 16.7 Å². The lowest BCUT2D eigenvalue weighted by atomic mass is 10.1. The van der Waals surface area contributed by atoms with Crippen molar-refractivity contribution in [1.29, 1.82) is 0 Å². The zero-order valence-corrected chi connectivity index (χ0v) is 11.8. The van der Waals surface area contributed by atoms with Crippen LogP contribution in [0.3, 0.4) is 0 Å². The molecule has 2 aromatic rings. The number of terminal acetylenes is 1. The highest BCUT2D eigenvalue weighted by molar-refractivity contribution is 5.73. The number of anilines is 1. The first-order valence-corrected chi connectivity index (χ1v) is 7.33. The highest BCUT2D eigenvalue weighted by Gasteiger charge is 2.31. The van der Waals surface area contributed by atoms with E-state index in [-0.39, 0.29) is 0 Å². The molecule has 0 unspecified atom stereocenters. The molecular weight excluding hydrogens is 262 g/mol. The van der Waals surface area contributed by atoms with Crippen LogP contribution in [-0.4, -0.2) is 16.2 Å². The summed E-state index contributed by atoms with van der Waals surface area (Å²) in [5, 5.41) is 0. The smallest absolute Gasteiger partial charge is 0.132 e. The largest absolute Gasteiger partial charge is 0.493 e. The van der Waals surface area contributed by atoms with Gasteiger partial charge in [-0.05, 0) is 36.6 Å². The number of hydrogen-bond donors (Lipinski definition) is 1. The van der Waals surface area contributed by atoms with Crippen molar-refractivity contribution >= 4 is 5.82 Å². The van der Waals surface area contributed by atoms with Gasteiger partial charge >= 0.3 is 0 Å². The van der Waals surface area contributed by atoms with Crippen LogP contribution >= 0.6 is 0 Å². The average Bonchev–Trinajstić information content (AvgIpc) is 3.14. The van der Waals surface area contributed by atoms with Gasteiger partial charge in [0.05, 0.1) is 13.2 Å². The predicted octanol–water partition coefficient (Wildman–Crippen LogP) is 2.58. The third kappa shape index (κ3) is 1.97. The quantitative estimate of drug-likeness (QED) is 0.879. The summed E-state index contributed by atoms with van der Waals surface area (Å²) in [6.45, 7) is 1.24. The van der Waals surface area contributed by atoms with Gasteiger partial charge in [-0.2, -0.15) is 0 Å². The minimum absolute atomic E-state index is 0.485. The third-order valence-electron chi connectivity index (χ3n) is 4.19. The van der Waals surface area contributed by atoms with Crippen molar-refractivity contribution in [2.75, 3.05) is 12.3 Å². The highest BCUT2D eigenvalue weighted by atomic mass is 16.5.